The fourth-order valence-electron chi connectivity index (χ4n) is 1.66. The first-order valence-electron chi connectivity index (χ1n) is 5.70. The average Bonchev–Trinajstić information content (AvgIpc) is 2.59. The third kappa shape index (κ3) is 3.79. The van der Waals surface area contributed by atoms with Gasteiger partial charge in [-0.05, 0) is 12.8 Å². The van der Waals surface area contributed by atoms with Crippen LogP contribution in [-0.4, -0.2) is 42.0 Å². The first-order chi connectivity index (χ1) is 6.36. The van der Waals surface area contributed by atoms with Crippen LogP contribution in [0.4, 0.5) is 0 Å². The van der Waals surface area contributed by atoms with E-state index in [0.29, 0.717) is 0 Å². The second-order valence-electron chi connectivity index (χ2n) is 3.89. The normalized spacial score (nSPS) is 16.5. The molecule has 0 aromatic heterocycles. The maximum absolute atomic E-state index is 2.46. The van der Waals surface area contributed by atoms with Gasteiger partial charge in [0.25, 0.3) is 0 Å². The van der Waals surface area contributed by atoms with E-state index in [9.17, 15) is 0 Å². The van der Waals surface area contributed by atoms with Crippen LogP contribution in [-0.2, 0) is 0 Å². The number of nitrogens with zero attached hydrogens (tertiary/aromatic N) is 2. The van der Waals surface area contributed by atoms with Crippen molar-refractivity contribution in [3.63, 3.8) is 0 Å². The highest BCUT2D eigenvalue weighted by Crippen LogP contribution is 1.99. The summed E-state index contributed by atoms with van der Waals surface area (Å²) in [5.74, 6) is 0. The predicted octanol–water partition coefficient (Wildman–Crippen LogP) is 1.94. The minimum absolute atomic E-state index is 1.24. The number of hydrogen-bond acceptors (Lipinski definition) is 1. The Kier molecular flexibility index (Phi) is 4.87. The zero-order valence-corrected chi connectivity index (χ0v) is 9.13. The van der Waals surface area contributed by atoms with E-state index in [-0.39, 0.29) is 0 Å². The number of hydrogen-bond donors (Lipinski definition) is 0. The molecule has 1 rings (SSSR count). The van der Waals surface area contributed by atoms with Gasteiger partial charge in [-0.25, -0.2) is 0 Å². The lowest BCUT2D eigenvalue weighted by Crippen LogP contribution is -2.20. The van der Waals surface area contributed by atoms with Crippen molar-refractivity contribution in [1.29, 1.82) is 0 Å². The van der Waals surface area contributed by atoms with Crippen LogP contribution < -0.4 is 0 Å². The SMILES string of the molecule is CCCCN1C=[N+](CCCC)CC1. The van der Waals surface area contributed by atoms with Crippen LogP contribution >= 0.6 is 0 Å². The smallest absolute Gasteiger partial charge is 0.234 e. The lowest BCUT2D eigenvalue weighted by atomic mass is 10.3. The van der Waals surface area contributed by atoms with Crippen molar-refractivity contribution < 1.29 is 4.58 Å². The van der Waals surface area contributed by atoms with Crippen molar-refractivity contribution in [3.8, 4) is 0 Å². The third-order valence-electron chi connectivity index (χ3n) is 2.60. The summed E-state index contributed by atoms with van der Waals surface area (Å²) in [7, 11) is 0. The first kappa shape index (κ1) is 10.6. The van der Waals surface area contributed by atoms with Crippen molar-refractivity contribution in [2.75, 3.05) is 26.2 Å². The minimum Gasteiger partial charge on any atom is -0.264 e. The molecule has 2 heteroatoms. The Morgan fingerprint density at radius 1 is 1.23 bits per heavy atom. The van der Waals surface area contributed by atoms with Crippen LogP contribution in [0.1, 0.15) is 39.5 Å². The monoisotopic (exact) mass is 183 g/mol. The lowest BCUT2D eigenvalue weighted by molar-refractivity contribution is -0.514. The van der Waals surface area contributed by atoms with Crippen LogP contribution in [0.15, 0.2) is 0 Å². The van der Waals surface area contributed by atoms with Crippen LogP contribution in [0.5, 0.6) is 0 Å². The number of unbranched alkanes of at least 4 members (excludes halogenated alkanes) is 2. The Balaban J connectivity index is 2.18. The summed E-state index contributed by atoms with van der Waals surface area (Å²) in [6, 6.07) is 0. The third-order valence-corrected chi connectivity index (χ3v) is 2.60. The molecular weight excluding hydrogens is 160 g/mol. The zero-order chi connectivity index (χ0) is 9.52. The van der Waals surface area contributed by atoms with E-state index < -0.39 is 0 Å². The highest BCUT2D eigenvalue weighted by molar-refractivity contribution is 5.50. The topological polar surface area (TPSA) is 6.25 Å². The standard InChI is InChI=1S/C11H23N2/c1-3-5-7-12-9-10-13(11-12)8-6-4-2/h11H,3-10H2,1-2H3/q+1. The van der Waals surface area contributed by atoms with E-state index >= 15 is 0 Å². The summed E-state index contributed by atoms with van der Waals surface area (Å²) in [5.41, 5.74) is 0. The maximum atomic E-state index is 2.46. The molecule has 0 amide bonds. The van der Waals surface area contributed by atoms with E-state index in [1.165, 1.54) is 51.9 Å². The molecule has 0 saturated carbocycles. The van der Waals surface area contributed by atoms with Gasteiger partial charge in [0.15, 0.2) is 0 Å². The molecule has 0 bridgehead atoms. The molecule has 1 heterocycles. The molecule has 0 saturated heterocycles. The van der Waals surface area contributed by atoms with Crippen molar-refractivity contribution >= 4 is 6.34 Å². The van der Waals surface area contributed by atoms with Crippen LogP contribution in [0.3, 0.4) is 0 Å². The van der Waals surface area contributed by atoms with Gasteiger partial charge in [-0.1, -0.05) is 26.7 Å². The molecule has 0 radical (unpaired) electrons. The maximum Gasteiger partial charge on any atom is 0.234 e. The van der Waals surface area contributed by atoms with Gasteiger partial charge in [0.05, 0.1) is 13.1 Å². The molecule has 1 aliphatic rings. The highest BCUT2D eigenvalue weighted by Gasteiger charge is 2.17. The van der Waals surface area contributed by atoms with Crippen molar-refractivity contribution in [3.05, 3.63) is 0 Å². The van der Waals surface area contributed by atoms with Gasteiger partial charge in [0.1, 0.15) is 13.1 Å². The van der Waals surface area contributed by atoms with Crippen molar-refractivity contribution in [2.24, 2.45) is 0 Å². The van der Waals surface area contributed by atoms with E-state index in [2.05, 4.69) is 29.7 Å². The molecular formula is C11H23N2+. The molecule has 2 nitrogen and oxygen atoms in total. The van der Waals surface area contributed by atoms with Crippen LogP contribution in [0, 0.1) is 0 Å². The average molecular weight is 183 g/mol. The summed E-state index contributed by atoms with van der Waals surface area (Å²) in [5, 5.41) is 0. The lowest BCUT2D eigenvalue weighted by Gasteiger charge is -2.03. The fraction of sp³-hybridized carbons (Fsp3) is 0.909. The molecule has 0 aromatic carbocycles. The van der Waals surface area contributed by atoms with Crippen molar-refractivity contribution in [2.45, 2.75) is 39.5 Å². The van der Waals surface area contributed by atoms with E-state index in [4.69, 9.17) is 0 Å². The quantitative estimate of drug-likeness (QED) is 0.570. The van der Waals surface area contributed by atoms with E-state index in [1.807, 2.05) is 0 Å². The Hall–Kier alpha value is -0.530. The summed E-state index contributed by atoms with van der Waals surface area (Å²) in [6.07, 6.45) is 7.60. The Labute approximate surface area is 82.2 Å². The van der Waals surface area contributed by atoms with Gasteiger partial charge in [0, 0.05) is 0 Å². The summed E-state index contributed by atoms with van der Waals surface area (Å²) in [6.45, 7) is 9.49. The minimum atomic E-state index is 1.24. The molecule has 76 valence electrons. The highest BCUT2D eigenvalue weighted by atomic mass is 15.3. The van der Waals surface area contributed by atoms with Gasteiger partial charge in [-0.3, -0.25) is 9.48 Å². The van der Waals surface area contributed by atoms with Crippen LogP contribution in [0.25, 0.3) is 0 Å². The molecule has 1 aliphatic heterocycles. The van der Waals surface area contributed by atoms with Gasteiger partial charge in [-0.2, -0.15) is 0 Å². The first-order valence-corrected chi connectivity index (χ1v) is 5.70. The molecule has 13 heavy (non-hydrogen) atoms. The molecule has 0 aliphatic carbocycles. The zero-order valence-electron chi connectivity index (χ0n) is 9.13. The fourth-order valence-corrected chi connectivity index (χ4v) is 1.66. The second kappa shape index (κ2) is 6.01. The van der Waals surface area contributed by atoms with Gasteiger partial charge < -0.3 is 0 Å². The van der Waals surface area contributed by atoms with E-state index in [0.717, 1.165) is 0 Å². The summed E-state index contributed by atoms with van der Waals surface area (Å²) >= 11 is 0. The predicted molar refractivity (Wildman–Crippen MR) is 57.4 cm³/mol. The Morgan fingerprint density at radius 3 is 2.69 bits per heavy atom. The summed E-state index contributed by atoms with van der Waals surface area (Å²) in [4.78, 5) is 2.46. The van der Waals surface area contributed by atoms with Crippen LogP contribution in [0.2, 0.25) is 0 Å². The molecule has 0 unspecified atom stereocenters. The Morgan fingerprint density at radius 2 is 2.00 bits per heavy atom. The number of rotatable bonds is 6. The molecule has 0 aromatic rings. The summed E-state index contributed by atoms with van der Waals surface area (Å²) < 4.78 is 2.46. The van der Waals surface area contributed by atoms with E-state index in [1.54, 1.807) is 0 Å². The molecule has 0 fully saturated rings. The van der Waals surface area contributed by atoms with Gasteiger partial charge in [0.2, 0.25) is 6.34 Å². The van der Waals surface area contributed by atoms with Crippen molar-refractivity contribution in [1.82, 2.24) is 4.90 Å². The van der Waals surface area contributed by atoms with Gasteiger partial charge in [-0.15, -0.1) is 0 Å². The molecule has 0 atom stereocenters. The van der Waals surface area contributed by atoms with Gasteiger partial charge >= 0.3 is 0 Å². The molecule has 0 spiro atoms. The molecule has 0 N–H and O–H groups in total. The largest absolute Gasteiger partial charge is 0.264 e. The second-order valence-corrected chi connectivity index (χ2v) is 3.89. The Bertz CT molecular complexity index is 163.